The Morgan fingerprint density at radius 2 is 2.00 bits per heavy atom. The van der Waals surface area contributed by atoms with E-state index in [0.717, 1.165) is 45.2 Å². The topological polar surface area (TPSA) is 82.2 Å². The summed E-state index contributed by atoms with van der Waals surface area (Å²) in [5.41, 5.74) is 5.17. The molecule has 0 radical (unpaired) electrons. The first-order chi connectivity index (χ1) is 9.03. The van der Waals surface area contributed by atoms with E-state index in [1.165, 1.54) is 12.8 Å². The molecule has 1 heterocycles. The van der Waals surface area contributed by atoms with Gasteiger partial charge in [0, 0.05) is 13.1 Å². The smallest absolute Gasteiger partial charge is 0.318 e. The average molecular weight is 266 g/mol. The van der Waals surface area contributed by atoms with Gasteiger partial charge in [-0.25, -0.2) is 4.79 Å². The number of piperidine rings is 1. The zero-order chi connectivity index (χ0) is 13.9. The van der Waals surface area contributed by atoms with Gasteiger partial charge in [0.1, 0.15) is 5.84 Å². The minimum Gasteiger partial charge on any atom is -0.386 e. The number of rotatable bonds is 2. The monoisotopic (exact) mass is 266 g/mol. The van der Waals surface area contributed by atoms with Crippen molar-refractivity contribution >= 4 is 11.9 Å². The molecule has 2 fully saturated rings. The fourth-order valence-corrected chi connectivity index (χ4v) is 3.27. The van der Waals surface area contributed by atoms with Crippen molar-refractivity contribution in [3.05, 3.63) is 0 Å². The van der Waals surface area contributed by atoms with Gasteiger partial charge >= 0.3 is 6.03 Å². The highest BCUT2D eigenvalue weighted by Crippen LogP contribution is 2.28. The van der Waals surface area contributed by atoms with Gasteiger partial charge in [0.15, 0.2) is 0 Å². The number of amides is 2. The number of amidine groups is 1. The van der Waals surface area contributed by atoms with Crippen LogP contribution < -0.4 is 11.1 Å². The van der Waals surface area contributed by atoms with Gasteiger partial charge in [0.25, 0.3) is 0 Å². The van der Waals surface area contributed by atoms with E-state index in [1.807, 2.05) is 4.90 Å². The molecule has 4 N–H and O–H groups in total. The van der Waals surface area contributed by atoms with E-state index in [0.29, 0.717) is 5.92 Å². The number of hydrogen-bond donors (Lipinski definition) is 3. The Morgan fingerprint density at radius 1 is 1.32 bits per heavy atom. The van der Waals surface area contributed by atoms with Crippen LogP contribution in [0.5, 0.6) is 0 Å². The third kappa shape index (κ3) is 3.19. The van der Waals surface area contributed by atoms with Gasteiger partial charge in [-0.3, -0.25) is 5.41 Å². The fourth-order valence-electron chi connectivity index (χ4n) is 3.27. The molecule has 0 spiro atoms. The molecule has 1 atom stereocenters. The summed E-state index contributed by atoms with van der Waals surface area (Å²) >= 11 is 0. The van der Waals surface area contributed by atoms with Gasteiger partial charge in [-0.1, -0.05) is 26.2 Å². The predicted octanol–water partition coefficient (Wildman–Crippen LogP) is 2.07. The maximum absolute atomic E-state index is 12.4. The quantitative estimate of drug-likeness (QED) is 0.528. The van der Waals surface area contributed by atoms with Crippen molar-refractivity contribution in [3.8, 4) is 0 Å². The maximum Gasteiger partial charge on any atom is 0.318 e. The molecular weight excluding hydrogens is 240 g/mol. The molecule has 1 saturated heterocycles. The van der Waals surface area contributed by atoms with Crippen molar-refractivity contribution in [2.45, 2.75) is 57.4 Å². The molecule has 0 bridgehead atoms. The standard InChI is InChI=1S/C14H26N4O/c1-11-6-5-9-18(10-11)13(19)17-14(12(15)16)7-3-2-4-8-14/h11H,2-10H2,1H3,(H3,15,16)(H,17,19). The van der Waals surface area contributed by atoms with Gasteiger partial charge in [-0.05, 0) is 31.6 Å². The number of nitrogens with zero attached hydrogens (tertiary/aromatic N) is 1. The Kier molecular flexibility index (Phi) is 4.32. The lowest BCUT2D eigenvalue weighted by molar-refractivity contribution is 0.158. The number of nitrogens with one attached hydrogen (secondary N) is 2. The minimum absolute atomic E-state index is 0.0383. The first-order valence-electron chi connectivity index (χ1n) is 7.45. The van der Waals surface area contributed by atoms with E-state index in [1.54, 1.807) is 0 Å². The van der Waals surface area contributed by atoms with E-state index >= 15 is 0 Å². The van der Waals surface area contributed by atoms with Gasteiger partial charge in [-0.15, -0.1) is 0 Å². The SMILES string of the molecule is CC1CCCN(C(=O)NC2(C(=N)N)CCCCC2)C1. The van der Waals surface area contributed by atoms with Crippen molar-refractivity contribution in [1.29, 1.82) is 5.41 Å². The number of urea groups is 1. The number of carbonyl (C=O) groups is 1. The number of hydrogen-bond acceptors (Lipinski definition) is 2. The molecular formula is C14H26N4O. The number of nitrogens with two attached hydrogens (primary N) is 1. The van der Waals surface area contributed by atoms with Crippen molar-refractivity contribution in [3.63, 3.8) is 0 Å². The largest absolute Gasteiger partial charge is 0.386 e. The van der Waals surface area contributed by atoms with Crippen LogP contribution in [0.3, 0.4) is 0 Å². The molecule has 0 aromatic heterocycles. The molecule has 108 valence electrons. The van der Waals surface area contributed by atoms with Crippen molar-refractivity contribution in [2.24, 2.45) is 11.7 Å². The van der Waals surface area contributed by atoms with Crippen molar-refractivity contribution < 1.29 is 4.79 Å². The summed E-state index contributed by atoms with van der Waals surface area (Å²) in [5, 5.41) is 10.9. The Morgan fingerprint density at radius 3 is 2.58 bits per heavy atom. The van der Waals surface area contributed by atoms with Crippen LogP contribution in [0.4, 0.5) is 4.79 Å². The zero-order valence-electron chi connectivity index (χ0n) is 11.9. The van der Waals surface area contributed by atoms with Gasteiger partial charge in [-0.2, -0.15) is 0 Å². The lowest BCUT2D eigenvalue weighted by atomic mass is 9.81. The summed E-state index contributed by atoms with van der Waals surface area (Å²) in [7, 11) is 0. The van der Waals surface area contributed by atoms with Crippen molar-refractivity contribution in [2.75, 3.05) is 13.1 Å². The first kappa shape index (κ1) is 14.2. The van der Waals surface area contributed by atoms with Crippen LogP contribution >= 0.6 is 0 Å². The van der Waals surface area contributed by atoms with Crippen molar-refractivity contribution in [1.82, 2.24) is 10.2 Å². The highest BCUT2D eigenvalue weighted by atomic mass is 16.2. The second-order valence-electron chi connectivity index (χ2n) is 6.18. The molecule has 2 amide bonds. The van der Waals surface area contributed by atoms with E-state index in [-0.39, 0.29) is 11.9 Å². The lowest BCUT2D eigenvalue weighted by Gasteiger charge is -2.40. The molecule has 2 rings (SSSR count). The number of carbonyl (C=O) groups excluding carboxylic acids is 1. The summed E-state index contributed by atoms with van der Waals surface area (Å²) in [4.78, 5) is 14.3. The maximum atomic E-state index is 12.4. The molecule has 2 aliphatic rings. The molecule has 5 nitrogen and oxygen atoms in total. The number of likely N-dealkylation sites (tertiary alicyclic amines) is 1. The van der Waals surface area contributed by atoms with Gasteiger partial charge in [0.05, 0.1) is 5.54 Å². The Hall–Kier alpha value is -1.26. The third-order valence-electron chi connectivity index (χ3n) is 4.51. The molecule has 0 aromatic rings. The summed E-state index contributed by atoms with van der Waals surface area (Å²) < 4.78 is 0. The van der Waals surface area contributed by atoms with Gasteiger partial charge in [0.2, 0.25) is 0 Å². The van der Waals surface area contributed by atoms with Crippen LogP contribution in [0.25, 0.3) is 0 Å². The highest BCUT2D eigenvalue weighted by molar-refractivity contribution is 5.91. The zero-order valence-corrected chi connectivity index (χ0v) is 11.9. The van der Waals surface area contributed by atoms with Crippen LogP contribution in [0, 0.1) is 11.3 Å². The van der Waals surface area contributed by atoms with Crippen LogP contribution in [0.15, 0.2) is 0 Å². The van der Waals surface area contributed by atoms with E-state index < -0.39 is 5.54 Å². The molecule has 1 aliphatic heterocycles. The molecule has 0 aromatic carbocycles. The van der Waals surface area contributed by atoms with Crippen LogP contribution in [-0.4, -0.2) is 35.4 Å². The molecule has 1 aliphatic carbocycles. The molecule has 1 unspecified atom stereocenters. The van der Waals surface area contributed by atoms with E-state index in [9.17, 15) is 4.79 Å². The second kappa shape index (κ2) is 5.80. The first-order valence-corrected chi connectivity index (χ1v) is 7.45. The minimum atomic E-state index is -0.587. The van der Waals surface area contributed by atoms with Crippen LogP contribution in [-0.2, 0) is 0 Å². The lowest BCUT2D eigenvalue weighted by Crippen LogP contribution is -2.61. The van der Waals surface area contributed by atoms with E-state index in [2.05, 4.69) is 12.2 Å². The predicted molar refractivity (Wildman–Crippen MR) is 76.2 cm³/mol. The summed E-state index contributed by atoms with van der Waals surface area (Å²) in [5.74, 6) is 0.685. The highest BCUT2D eigenvalue weighted by Gasteiger charge is 2.38. The van der Waals surface area contributed by atoms with Crippen LogP contribution in [0.2, 0.25) is 0 Å². The summed E-state index contributed by atoms with van der Waals surface area (Å²) in [6, 6.07) is -0.0383. The van der Waals surface area contributed by atoms with Gasteiger partial charge < -0.3 is 16.0 Å². The Bertz CT molecular complexity index is 349. The summed E-state index contributed by atoms with van der Waals surface area (Å²) in [6.45, 7) is 3.82. The van der Waals surface area contributed by atoms with E-state index in [4.69, 9.17) is 11.1 Å². The fraction of sp³-hybridized carbons (Fsp3) is 0.857. The molecule has 19 heavy (non-hydrogen) atoms. The second-order valence-corrected chi connectivity index (χ2v) is 6.18. The Balaban J connectivity index is 2.00. The average Bonchev–Trinajstić information content (AvgIpc) is 2.39. The Labute approximate surface area is 115 Å². The molecule has 1 saturated carbocycles. The normalized spacial score (nSPS) is 26.8. The molecule has 5 heteroatoms. The third-order valence-corrected chi connectivity index (χ3v) is 4.51. The summed E-state index contributed by atoms with van der Waals surface area (Å²) in [6.07, 6.45) is 7.12. The van der Waals surface area contributed by atoms with Crippen LogP contribution in [0.1, 0.15) is 51.9 Å².